The number of hydrogen-bond donors (Lipinski definition) is 0. The molecule has 0 bridgehead atoms. The summed E-state index contributed by atoms with van der Waals surface area (Å²) in [4.78, 5) is 12.3. The van der Waals surface area contributed by atoms with Crippen LogP contribution in [0.1, 0.15) is 6.42 Å². The zero-order valence-corrected chi connectivity index (χ0v) is 11.1. The van der Waals surface area contributed by atoms with Gasteiger partial charge in [-0.05, 0) is 25.6 Å². The molecule has 2 atom stereocenters. The number of rotatable bonds is 5. The summed E-state index contributed by atoms with van der Waals surface area (Å²) >= 11 is 0. The smallest absolute Gasteiger partial charge is 0.269 e. The van der Waals surface area contributed by atoms with Gasteiger partial charge >= 0.3 is 0 Å². The SMILES string of the molecule is COC1C[C@H](COc2ccc([N+](=O)[O-])cc2)N(C)C1. The van der Waals surface area contributed by atoms with Crippen LogP contribution in [0.2, 0.25) is 0 Å². The van der Waals surface area contributed by atoms with Gasteiger partial charge in [-0.15, -0.1) is 0 Å². The highest BCUT2D eigenvalue weighted by Crippen LogP contribution is 2.21. The Hall–Kier alpha value is -1.66. The normalized spacial score (nSPS) is 23.5. The van der Waals surface area contributed by atoms with Gasteiger partial charge < -0.3 is 9.47 Å². The van der Waals surface area contributed by atoms with Crippen LogP contribution >= 0.6 is 0 Å². The summed E-state index contributed by atoms with van der Waals surface area (Å²) in [7, 11) is 3.76. The Morgan fingerprint density at radius 2 is 2.11 bits per heavy atom. The summed E-state index contributed by atoms with van der Waals surface area (Å²) in [6.07, 6.45) is 1.20. The van der Waals surface area contributed by atoms with E-state index in [-0.39, 0.29) is 11.8 Å². The van der Waals surface area contributed by atoms with Crippen molar-refractivity contribution in [2.24, 2.45) is 0 Å². The predicted octanol–water partition coefficient (Wildman–Crippen LogP) is 1.69. The monoisotopic (exact) mass is 266 g/mol. The van der Waals surface area contributed by atoms with Crippen LogP contribution in [0.3, 0.4) is 0 Å². The number of likely N-dealkylation sites (tertiary alicyclic amines) is 1. The standard InChI is InChI=1S/C13H18N2O4/c1-14-8-13(18-2)7-11(14)9-19-12-5-3-10(4-6-12)15(16)17/h3-6,11,13H,7-9H2,1-2H3/t11-,13?/m1/s1. The van der Waals surface area contributed by atoms with E-state index in [0.29, 0.717) is 18.4 Å². The molecule has 0 N–H and O–H groups in total. The Morgan fingerprint density at radius 3 is 2.63 bits per heavy atom. The van der Waals surface area contributed by atoms with E-state index in [1.165, 1.54) is 12.1 Å². The molecule has 0 amide bonds. The highest BCUT2D eigenvalue weighted by molar-refractivity contribution is 5.35. The molecule has 1 aromatic carbocycles. The largest absolute Gasteiger partial charge is 0.492 e. The second-order valence-electron chi connectivity index (χ2n) is 4.75. The number of nitro groups is 1. The number of nitrogens with zero attached hydrogens (tertiary/aromatic N) is 2. The molecular weight excluding hydrogens is 248 g/mol. The van der Waals surface area contributed by atoms with Crippen molar-refractivity contribution in [1.82, 2.24) is 4.90 Å². The van der Waals surface area contributed by atoms with E-state index in [4.69, 9.17) is 9.47 Å². The summed E-state index contributed by atoms with van der Waals surface area (Å²) in [6.45, 7) is 1.47. The maximum absolute atomic E-state index is 10.5. The third kappa shape index (κ3) is 3.42. The highest BCUT2D eigenvalue weighted by atomic mass is 16.6. The molecule has 1 heterocycles. The van der Waals surface area contributed by atoms with Crippen LogP contribution < -0.4 is 4.74 Å². The molecular formula is C13H18N2O4. The molecule has 1 saturated heterocycles. The highest BCUT2D eigenvalue weighted by Gasteiger charge is 2.29. The number of non-ortho nitro benzene ring substituents is 1. The summed E-state index contributed by atoms with van der Waals surface area (Å²) < 4.78 is 11.0. The topological polar surface area (TPSA) is 64.8 Å². The van der Waals surface area contributed by atoms with Crippen molar-refractivity contribution in [2.75, 3.05) is 27.3 Å². The molecule has 19 heavy (non-hydrogen) atoms. The summed E-state index contributed by atoms with van der Waals surface area (Å²) in [6, 6.07) is 6.47. The molecule has 1 aliphatic rings. The molecule has 1 aliphatic heterocycles. The Labute approximate surface area is 112 Å². The number of methoxy groups -OCH3 is 1. The Bertz CT molecular complexity index is 435. The second-order valence-corrected chi connectivity index (χ2v) is 4.75. The minimum Gasteiger partial charge on any atom is -0.492 e. The third-order valence-corrected chi connectivity index (χ3v) is 3.47. The minimum atomic E-state index is -0.419. The maximum atomic E-state index is 10.5. The summed E-state index contributed by atoms with van der Waals surface area (Å²) in [5.41, 5.74) is 0.0739. The summed E-state index contributed by atoms with van der Waals surface area (Å²) in [5.74, 6) is 0.653. The first kappa shape index (κ1) is 13.8. The Kier molecular flexibility index (Phi) is 4.34. The summed E-state index contributed by atoms with van der Waals surface area (Å²) in [5, 5.41) is 10.5. The first-order valence-corrected chi connectivity index (χ1v) is 6.20. The molecule has 1 fully saturated rings. The van der Waals surface area contributed by atoms with E-state index < -0.39 is 4.92 Å². The number of nitro benzene ring substituents is 1. The number of benzene rings is 1. The molecule has 0 aliphatic carbocycles. The Morgan fingerprint density at radius 1 is 1.42 bits per heavy atom. The average molecular weight is 266 g/mol. The molecule has 104 valence electrons. The molecule has 6 nitrogen and oxygen atoms in total. The zero-order chi connectivity index (χ0) is 13.8. The Balaban J connectivity index is 1.87. The first-order valence-electron chi connectivity index (χ1n) is 6.20. The molecule has 0 spiro atoms. The van der Waals surface area contributed by atoms with Gasteiger partial charge in [-0.25, -0.2) is 0 Å². The van der Waals surface area contributed by atoms with Crippen LogP contribution in [0.4, 0.5) is 5.69 Å². The molecule has 1 aromatic rings. The van der Waals surface area contributed by atoms with E-state index in [2.05, 4.69) is 4.90 Å². The van der Waals surface area contributed by atoms with Gasteiger partial charge in [-0.2, -0.15) is 0 Å². The fourth-order valence-electron chi connectivity index (χ4n) is 2.25. The van der Waals surface area contributed by atoms with Crippen LogP contribution in [-0.2, 0) is 4.74 Å². The first-order chi connectivity index (χ1) is 9.10. The van der Waals surface area contributed by atoms with Gasteiger partial charge in [-0.1, -0.05) is 0 Å². The van der Waals surface area contributed by atoms with Gasteiger partial charge in [0.05, 0.1) is 11.0 Å². The zero-order valence-electron chi connectivity index (χ0n) is 11.1. The van der Waals surface area contributed by atoms with E-state index in [9.17, 15) is 10.1 Å². The second kappa shape index (κ2) is 5.99. The van der Waals surface area contributed by atoms with Crippen molar-refractivity contribution in [1.29, 1.82) is 0 Å². The van der Waals surface area contributed by atoms with Crippen LogP contribution in [0, 0.1) is 10.1 Å². The van der Waals surface area contributed by atoms with Crippen LogP contribution in [0.25, 0.3) is 0 Å². The van der Waals surface area contributed by atoms with Crippen molar-refractivity contribution in [3.05, 3.63) is 34.4 Å². The molecule has 2 rings (SSSR count). The fourth-order valence-corrected chi connectivity index (χ4v) is 2.25. The van der Waals surface area contributed by atoms with Crippen LogP contribution in [0.15, 0.2) is 24.3 Å². The molecule has 0 radical (unpaired) electrons. The van der Waals surface area contributed by atoms with Crippen molar-refractivity contribution in [3.8, 4) is 5.75 Å². The number of likely N-dealkylation sites (N-methyl/N-ethyl adjacent to an activating group) is 1. The average Bonchev–Trinajstić information content (AvgIpc) is 2.77. The van der Waals surface area contributed by atoms with Gasteiger partial charge in [0.1, 0.15) is 12.4 Å². The van der Waals surface area contributed by atoms with E-state index in [1.54, 1.807) is 19.2 Å². The fraction of sp³-hybridized carbons (Fsp3) is 0.538. The van der Waals surface area contributed by atoms with Crippen molar-refractivity contribution >= 4 is 5.69 Å². The van der Waals surface area contributed by atoms with Crippen LogP contribution in [-0.4, -0.2) is 49.3 Å². The third-order valence-electron chi connectivity index (χ3n) is 3.47. The molecule has 0 saturated carbocycles. The van der Waals surface area contributed by atoms with E-state index >= 15 is 0 Å². The minimum absolute atomic E-state index is 0.0739. The number of hydrogen-bond acceptors (Lipinski definition) is 5. The van der Waals surface area contributed by atoms with E-state index in [1.807, 2.05) is 7.05 Å². The predicted molar refractivity (Wildman–Crippen MR) is 70.4 cm³/mol. The maximum Gasteiger partial charge on any atom is 0.269 e. The van der Waals surface area contributed by atoms with Crippen molar-refractivity contribution < 1.29 is 14.4 Å². The quantitative estimate of drug-likeness (QED) is 0.599. The molecule has 1 unspecified atom stereocenters. The van der Waals surface area contributed by atoms with Crippen LogP contribution in [0.5, 0.6) is 5.75 Å². The van der Waals surface area contributed by atoms with Gasteiger partial charge in [-0.3, -0.25) is 15.0 Å². The lowest BCUT2D eigenvalue weighted by Gasteiger charge is -2.19. The van der Waals surface area contributed by atoms with Gasteiger partial charge in [0.15, 0.2) is 0 Å². The lowest BCUT2D eigenvalue weighted by Crippen LogP contribution is -2.30. The van der Waals surface area contributed by atoms with Gasteiger partial charge in [0.25, 0.3) is 5.69 Å². The van der Waals surface area contributed by atoms with Gasteiger partial charge in [0, 0.05) is 31.8 Å². The lowest BCUT2D eigenvalue weighted by atomic mass is 10.2. The lowest BCUT2D eigenvalue weighted by molar-refractivity contribution is -0.384. The molecule has 6 heteroatoms. The number of ether oxygens (including phenoxy) is 2. The van der Waals surface area contributed by atoms with E-state index in [0.717, 1.165) is 13.0 Å². The van der Waals surface area contributed by atoms with Gasteiger partial charge in [0.2, 0.25) is 0 Å². The van der Waals surface area contributed by atoms with Crippen molar-refractivity contribution in [3.63, 3.8) is 0 Å². The van der Waals surface area contributed by atoms with Crippen molar-refractivity contribution in [2.45, 2.75) is 18.6 Å². The molecule has 0 aromatic heterocycles.